The van der Waals surface area contributed by atoms with Gasteiger partial charge in [0.1, 0.15) is 6.61 Å². The number of hydrogen-bond acceptors (Lipinski definition) is 2. The van der Waals surface area contributed by atoms with Crippen LogP contribution < -0.4 is 5.32 Å². The van der Waals surface area contributed by atoms with Gasteiger partial charge in [-0.3, -0.25) is 4.79 Å². The van der Waals surface area contributed by atoms with Gasteiger partial charge in [0.05, 0.1) is 5.60 Å². The molecule has 0 spiro atoms. The standard InChI is InChI=1S/C9H18ClNO2/c1-7(5-10)11-8(12)6-13-9(2,3)4/h7H,5-6H2,1-4H3,(H,11,12). The summed E-state index contributed by atoms with van der Waals surface area (Å²) < 4.78 is 5.28. The molecule has 0 aromatic heterocycles. The molecule has 0 heterocycles. The normalized spacial score (nSPS) is 13.9. The van der Waals surface area contributed by atoms with Crippen molar-refractivity contribution in [2.45, 2.75) is 39.3 Å². The average Bonchev–Trinajstić information content (AvgIpc) is 1.99. The van der Waals surface area contributed by atoms with E-state index in [1.165, 1.54) is 0 Å². The first-order valence-corrected chi connectivity index (χ1v) is 4.88. The Hall–Kier alpha value is -0.280. The first-order chi connectivity index (χ1) is 5.85. The van der Waals surface area contributed by atoms with Gasteiger partial charge in [-0.2, -0.15) is 0 Å². The van der Waals surface area contributed by atoms with Crippen LogP contribution in [0.5, 0.6) is 0 Å². The van der Waals surface area contributed by atoms with Crippen LogP contribution in [0.15, 0.2) is 0 Å². The summed E-state index contributed by atoms with van der Waals surface area (Å²) in [6.07, 6.45) is 0. The van der Waals surface area contributed by atoms with Gasteiger partial charge in [0.15, 0.2) is 0 Å². The summed E-state index contributed by atoms with van der Waals surface area (Å²) in [5, 5.41) is 2.71. The summed E-state index contributed by atoms with van der Waals surface area (Å²) in [5.74, 6) is 0.296. The molecule has 0 aliphatic heterocycles. The maximum atomic E-state index is 11.2. The number of halogens is 1. The number of rotatable bonds is 4. The van der Waals surface area contributed by atoms with Gasteiger partial charge in [0.25, 0.3) is 0 Å². The van der Waals surface area contributed by atoms with Crippen LogP contribution >= 0.6 is 11.6 Å². The molecule has 78 valence electrons. The first-order valence-electron chi connectivity index (χ1n) is 4.34. The van der Waals surface area contributed by atoms with Crippen LogP contribution in [0.1, 0.15) is 27.7 Å². The number of alkyl halides is 1. The van der Waals surface area contributed by atoms with Gasteiger partial charge >= 0.3 is 0 Å². The largest absolute Gasteiger partial charge is 0.366 e. The summed E-state index contributed by atoms with van der Waals surface area (Å²) >= 11 is 5.53. The quantitative estimate of drug-likeness (QED) is 0.711. The van der Waals surface area contributed by atoms with Crippen molar-refractivity contribution < 1.29 is 9.53 Å². The van der Waals surface area contributed by atoms with E-state index in [9.17, 15) is 4.79 Å². The van der Waals surface area contributed by atoms with E-state index < -0.39 is 0 Å². The molecule has 3 nitrogen and oxygen atoms in total. The van der Waals surface area contributed by atoms with Gasteiger partial charge in [0, 0.05) is 11.9 Å². The minimum atomic E-state index is -0.276. The lowest BCUT2D eigenvalue weighted by molar-refractivity contribution is -0.131. The van der Waals surface area contributed by atoms with E-state index in [1.54, 1.807) is 0 Å². The topological polar surface area (TPSA) is 38.3 Å². The van der Waals surface area contributed by atoms with Crippen molar-refractivity contribution >= 4 is 17.5 Å². The molecule has 0 fully saturated rings. The molecular formula is C9H18ClNO2. The third kappa shape index (κ3) is 8.06. The second kappa shape index (κ2) is 5.45. The van der Waals surface area contributed by atoms with E-state index in [0.29, 0.717) is 5.88 Å². The zero-order valence-corrected chi connectivity index (χ0v) is 9.44. The van der Waals surface area contributed by atoms with E-state index in [2.05, 4.69) is 5.32 Å². The van der Waals surface area contributed by atoms with Crippen molar-refractivity contribution in [3.05, 3.63) is 0 Å². The molecule has 0 saturated heterocycles. The minimum absolute atomic E-state index is 0.00210. The summed E-state index contributed by atoms with van der Waals surface area (Å²) in [4.78, 5) is 11.2. The molecule has 0 rings (SSSR count). The molecule has 0 aromatic rings. The van der Waals surface area contributed by atoms with E-state index in [1.807, 2.05) is 27.7 Å². The van der Waals surface area contributed by atoms with Crippen molar-refractivity contribution in [2.75, 3.05) is 12.5 Å². The highest BCUT2D eigenvalue weighted by atomic mass is 35.5. The van der Waals surface area contributed by atoms with Gasteiger partial charge in [-0.25, -0.2) is 0 Å². The van der Waals surface area contributed by atoms with Crippen molar-refractivity contribution in [1.29, 1.82) is 0 Å². The Kier molecular flexibility index (Phi) is 5.33. The lowest BCUT2D eigenvalue weighted by Crippen LogP contribution is -2.38. The Labute approximate surface area is 84.8 Å². The van der Waals surface area contributed by atoms with Crippen molar-refractivity contribution in [3.63, 3.8) is 0 Å². The molecule has 13 heavy (non-hydrogen) atoms. The Morgan fingerprint density at radius 3 is 2.46 bits per heavy atom. The maximum absolute atomic E-state index is 11.2. The van der Waals surface area contributed by atoms with Crippen molar-refractivity contribution in [1.82, 2.24) is 5.32 Å². The summed E-state index contributed by atoms with van der Waals surface area (Å²) in [7, 11) is 0. The third-order valence-electron chi connectivity index (χ3n) is 1.28. The maximum Gasteiger partial charge on any atom is 0.246 e. The fourth-order valence-corrected chi connectivity index (χ4v) is 0.714. The highest BCUT2D eigenvalue weighted by Gasteiger charge is 2.13. The van der Waals surface area contributed by atoms with E-state index >= 15 is 0 Å². The molecule has 1 N–H and O–H groups in total. The zero-order chi connectivity index (χ0) is 10.5. The van der Waals surface area contributed by atoms with Crippen molar-refractivity contribution in [2.24, 2.45) is 0 Å². The Morgan fingerprint density at radius 2 is 2.08 bits per heavy atom. The molecule has 1 unspecified atom stereocenters. The van der Waals surface area contributed by atoms with E-state index in [4.69, 9.17) is 16.3 Å². The summed E-state index contributed by atoms with van der Waals surface area (Å²) in [6.45, 7) is 7.66. The molecule has 1 amide bonds. The Morgan fingerprint density at radius 1 is 1.54 bits per heavy atom. The highest BCUT2D eigenvalue weighted by molar-refractivity contribution is 6.18. The third-order valence-corrected chi connectivity index (χ3v) is 1.74. The van der Waals surface area contributed by atoms with Crippen LogP contribution in [0.25, 0.3) is 0 Å². The molecule has 0 radical (unpaired) electrons. The van der Waals surface area contributed by atoms with Crippen LogP contribution in [0.4, 0.5) is 0 Å². The molecular weight excluding hydrogens is 190 g/mol. The Balaban J connectivity index is 3.64. The number of hydrogen-bond donors (Lipinski definition) is 1. The Bertz CT molecular complexity index is 165. The van der Waals surface area contributed by atoms with E-state index in [-0.39, 0.29) is 24.2 Å². The van der Waals surface area contributed by atoms with Crippen molar-refractivity contribution in [3.8, 4) is 0 Å². The molecule has 0 aromatic carbocycles. The molecule has 0 bridgehead atoms. The predicted octanol–water partition coefficient (Wildman–Crippen LogP) is 1.54. The van der Waals surface area contributed by atoms with Gasteiger partial charge in [-0.15, -0.1) is 11.6 Å². The molecule has 4 heteroatoms. The number of nitrogens with one attached hydrogen (secondary N) is 1. The van der Waals surface area contributed by atoms with Gasteiger partial charge in [-0.1, -0.05) is 0 Å². The van der Waals surface area contributed by atoms with Crippen LogP contribution in [0.3, 0.4) is 0 Å². The summed E-state index contributed by atoms with van der Waals surface area (Å²) in [5.41, 5.74) is -0.276. The summed E-state index contributed by atoms with van der Waals surface area (Å²) in [6, 6.07) is -0.00210. The SMILES string of the molecule is CC(CCl)NC(=O)COC(C)(C)C. The second-order valence-electron chi connectivity index (χ2n) is 4.02. The van der Waals surface area contributed by atoms with Crippen LogP contribution in [0.2, 0.25) is 0 Å². The average molecular weight is 208 g/mol. The zero-order valence-electron chi connectivity index (χ0n) is 8.69. The van der Waals surface area contributed by atoms with Crippen LogP contribution in [-0.4, -0.2) is 30.0 Å². The van der Waals surface area contributed by atoms with Gasteiger partial charge < -0.3 is 10.1 Å². The lowest BCUT2D eigenvalue weighted by atomic mass is 10.2. The van der Waals surface area contributed by atoms with Gasteiger partial charge in [0.2, 0.25) is 5.91 Å². The molecule has 1 atom stereocenters. The van der Waals surface area contributed by atoms with Crippen LogP contribution in [-0.2, 0) is 9.53 Å². The molecule has 0 aliphatic carbocycles. The number of ether oxygens (including phenoxy) is 1. The minimum Gasteiger partial charge on any atom is -0.366 e. The second-order valence-corrected chi connectivity index (χ2v) is 4.33. The predicted molar refractivity (Wildman–Crippen MR) is 54.0 cm³/mol. The van der Waals surface area contributed by atoms with E-state index in [0.717, 1.165) is 0 Å². The number of amides is 1. The number of carbonyl (C=O) groups excluding carboxylic acids is 1. The fourth-order valence-electron chi connectivity index (χ4n) is 0.637. The molecule has 0 aliphatic rings. The molecule has 0 saturated carbocycles. The lowest BCUT2D eigenvalue weighted by Gasteiger charge is -2.19. The highest BCUT2D eigenvalue weighted by Crippen LogP contribution is 2.05. The van der Waals surface area contributed by atoms with Crippen LogP contribution in [0, 0.1) is 0 Å². The monoisotopic (exact) mass is 207 g/mol. The number of carbonyl (C=O) groups is 1. The van der Waals surface area contributed by atoms with Gasteiger partial charge in [-0.05, 0) is 27.7 Å². The first kappa shape index (κ1) is 12.7. The fraction of sp³-hybridized carbons (Fsp3) is 0.889. The smallest absolute Gasteiger partial charge is 0.246 e.